The maximum Gasteiger partial charge on any atom is 0.256 e. The highest BCUT2D eigenvalue weighted by molar-refractivity contribution is 5.90. The van der Waals surface area contributed by atoms with Crippen LogP contribution >= 0.6 is 0 Å². The Morgan fingerprint density at radius 3 is 2.65 bits per heavy atom. The number of nitriles is 1. The summed E-state index contributed by atoms with van der Waals surface area (Å²) in [6.07, 6.45) is 3.30. The molecule has 0 fully saturated rings. The SMILES string of the molecule is COc1cc(-c2ccc3c(O)n(-c4ccnc(C(C)C#N)c4)c(C)c3n2)cnc1OC. The number of nitrogens with zero attached hydrogens (tertiary/aromatic N) is 5. The van der Waals surface area contributed by atoms with Crippen molar-refractivity contribution in [1.82, 2.24) is 19.5 Å². The summed E-state index contributed by atoms with van der Waals surface area (Å²) in [6, 6.07) is 11.2. The molecule has 0 saturated carbocycles. The van der Waals surface area contributed by atoms with Crippen LogP contribution in [0.15, 0.2) is 42.7 Å². The fourth-order valence-electron chi connectivity index (χ4n) is 3.53. The van der Waals surface area contributed by atoms with Gasteiger partial charge in [-0.25, -0.2) is 9.97 Å². The number of rotatable bonds is 5. The molecule has 4 rings (SSSR count). The van der Waals surface area contributed by atoms with E-state index in [9.17, 15) is 10.4 Å². The molecule has 4 aromatic heterocycles. The van der Waals surface area contributed by atoms with Gasteiger partial charge in [0.25, 0.3) is 5.88 Å². The van der Waals surface area contributed by atoms with Crippen LogP contribution in [0.3, 0.4) is 0 Å². The van der Waals surface area contributed by atoms with Gasteiger partial charge in [-0.1, -0.05) is 0 Å². The van der Waals surface area contributed by atoms with Crippen molar-refractivity contribution >= 4 is 10.9 Å². The van der Waals surface area contributed by atoms with E-state index in [1.54, 1.807) is 43.1 Å². The number of aryl methyl sites for hydroxylation is 1. The van der Waals surface area contributed by atoms with Crippen molar-refractivity contribution in [2.45, 2.75) is 19.8 Å². The van der Waals surface area contributed by atoms with E-state index in [1.807, 2.05) is 25.1 Å². The molecule has 1 atom stereocenters. The topological polar surface area (TPSA) is 106 Å². The normalized spacial score (nSPS) is 11.8. The maximum absolute atomic E-state index is 10.9. The van der Waals surface area contributed by atoms with E-state index in [4.69, 9.17) is 14.5 Å². The summed E-state index contributed by atoms with van der Waals surface area (Å²) in [6.45, 7) is 3.68. The lowest BCUT2D eigenvalue weighted by atomic mass is 10.1. The molecule has 31 heavy (non-hydrogen) atoms. The number of ether oxygens (including phenoxy) is 2. The highest BCUT2D eigenvalue weighted by Gasteiger charge is 2.19. The Hall–Kier alpha value is -4.12. The Labute approximate surface area is 179 Å². The van der Waals surface area contributed by atoms with Crippen LogP contribution < -0.4 is 9.47 Å². The Morgan fingerprint density at radius 2 is 1.94 bits per heavy atom. The predicted molar refractivity (Wildman–Crippen MR) is 116 cm³/mol. The minimum atomic E-state index is -0.352. The van der Waals surface area contributed by atoms with E-state index in [1.165, 1.54) is 7.11 Å². The Balaban J connectivity index is 1.85. The molecule has 0 saturated heterocycles. The van der Waals surface area contributed by atoms with Gasteiger partial charge in [-0.15, -0.1) is 0 Å². The Morgan fingerprint density at radius 1 is 1.13 bits per heavy atom. The molecule has 0 bridgehead atoms. The predicted octanol–water partition coefficient (Wildman–Crippen LogP) is 4.14. The lowest BCUT2D eigenvalue weighted by Crippen LogP contribution is -2.00. The van der Waals surface area contributed by atoms with E-state index in [0.717, 1.165) is 16.9 Å². The van der Waals surface area contributed by atoms with Gasteiger partial charge < -0.3 is 14.6 Å². The van der Waals surface area contributed by atoms with Crippen LogP contribution in [0, 0.1) is 18.3 Å². The average Bonchev–Trinajstić information content (AvgIpc) is 3.07. The third kappa shape index (κ3) is 3.40. The van der Waals surface area contributed by atoms with Crippen LogP contribution in [0.4, 0.5) is 0 Å². The minimum Gasteiger partial charge on any atom is -0.494 e. The second-order valence-corrected chi connectivity index (χ2v) is 7.06. The Bertz CT molecular complexity index is 1320. The first-order valence-electron chi connectivity index (χ1n) is 9.63. The van der Waals surface area contributed by atoms with E-state index in [0.29, 0.717) is 33.9 Å². The lowest BCUT2D eigenvalue weighted by Gasteiger charge is -2.10. The van der Waals surface area contributed by atoms with Gasteiger partial charge in [0.2, 0.25) is 5.88 Å². The lowest BCUT2D eigenvalue weighted by molar-refractivity contribution is 0.343. The van der Waals surface area contributed by atoms with Gasteiger partial charge in [0.1, 0.15) is 0 Å². The molecule has 4 aromatic rings. The molecule has 0 aliphatic rings. The van der Waals surface area contributed by atoms with Crippen LogP contribution in [-0.2, 0) is 0 Å². The smallest absolute Gasteiger partial charge is 0.256 e. The van der Waals surface area contributed by atoms with Gasteiger partial charge in [-0.2, -0.15) is 5.26 Å². The summed E-state index contributed by atoms with van der Waals surface area (Å²) >= 11 is 0. The van der Waals surface area contributed by atoms with Crippen molar-refractivity contribution in [1.29, 1.82) is 5.26 Å². The molecule has 0 amide bonds. The highest BCUT2D eigenvalue weighted by atomic mass is 16.5. The van der Waals surface area contributed by atoms with E-state index >= 15 is 0 Å². The molecule has 0 aromatic carbocycles. The number of fused-ring (bicyclic) bond motifs is 1. The highest BCUT2D eigenvalue weighted by Crippen LogP contribution is 2.36. The second-order valence-electron chi connectivity index (χ2n) is 7.06. The Kier molecular flexibility index (Phi) is 5.17. The monoisotopic (exact) mass is 415 g/mol. The van der Waals surface area contributed by atoms with Gasteiger partial charge in [-0.05, 0) is 44.2 Å². The zero-order valence-corrected chi connectivity index (χ0v) is 17.6. The summed E-state index contributed by atoms with van der Waals surface area (Å²) in [5.41, 5.74) is 4.24. The average molecular weight is 415 g/mol. The van der Waals surface area contributed by atoms with Gasteiger partial charge in [0.05, 0.1) is 54.2 Å². The number of methoxy groups -OCH3 is 2. The molecule has 0 aliphatic heterocycles. The fourth-order valence-corrected chi connectivity index (χ4v) is 3.53. The molecule has 8 nitrogen and oxygen atoms in total. The van der Waals surface area contributed by atoms with Crippen molar-refractivity contribution < 1.29 is 14.6 Å². The van der Waals surface area contributed by atoms with Gasteiger partial charge in [0, 0.05) is 23.7 Å². The molecule has 1 unspecified atom stereocenters. The fraction of sp³-hybridized carbons (Fsp3) is 0.217. The zero-order chi connectivity index (χ0) is 22.1. The molecule has 0 aliphatic carbocycles. The molecule has 4 heterocycles. The summed E-state index contributed by atoms with van der Waals surface area (Å²) in [5.74, 6) is 0.635. The maximum atomic E-state index is 10.9. The third-order valence-electron chi connectivity index (χ3n) is 5.21. The molecule has 156 valence electrons. The molecular formula is C23H21N5O3. The van der Waals surface area contributed by atoms with Crippen LogP contribution in [-0.4, -0.2) is 38.8 Å². The molecule has 8 heteroatoms. The summed E-state index contributed by atoms with van der Waals surface area (Å²) < 4.78 is 12.3. The first-order valence-corrected chi connectivity index (χ1v) is 9.63. The zero-order valence-electron chi connectivity index (χ0n) is 17.6. The largest absolute Gasteiger partial charge is 0.494 e. The summed E-state index contributed by atoms with van der Waals surface area (Å²) in [4.78, 5) is 13.3. The van der Waals surface area contributed by atoms with E-state index in [-0.39, 0.29) is 11.8 Å². The quantitative estimate of drug-likeness (QED) is 0.522. The van der Waals surface area contributed by atoms with Crippen LogP contribution in [0.2, 0.25) is 0 Å². The first kappa shape index (κ1) is 20.2. The third-order valence-corrected chi connectivity index (χ3v) is 5.21. The standard InChI is InChI=1S/C23H21N5O3/c1-13(11-24)19-10-16(7-8-25-19)28-14(2)21-17(23(28)29)5-6-18(27-21)15-9-20(30-3)22(31-4)26-12-15/h5-10,12-13,29H,1-4H3. The van der Waals surface area contributed by atoms with Crippen molar-refractivity contribution in [2.24, 2.45) is 0 Å². The number of pyridine rings is 3. The first-order chi connectivity index (χ1) is 15.0. The molecule has 0 spiro atoms. The molecule has 0 radical (unpaired) electrons. The second kappa shape index (κ2) is 7.95. The van der Waals surface area contributed by atoms with Crippen molar-refractivity contribution in [3.63, 3.8) is 0 Å². The van der Waals surface area contributed by atoms with E-state index < -0.39 is 0 Å². The van der Waals surface area contributed by atoms with Crippen molar-refractivity contribution in [3.05, 3.63) is 54.1 Å². The number of aromatic nitrogens is 4. The minimum absolute atomic E-state index is 0.0822. The number of hydrogen-bond acceptors (Lipinski definition) is 7. The summed E-state index contributed by atoms with van der Waals surface area (Å²) in [7, 11) is 3.09. The van der Waals surface area contributed by atoms with Crippen LogP contribution in [0.5, 0.6) is 17.5 Å². The molecule has 1 N–H and O–H groups in total. The number of hydrogen-bond donors (Lipinski definition) is 1. The van der Waals surface area contributed by atoms with E-state index in [2.05, 4.69) is 16.0 Å². The van der Waals surface area contributed by atoms with Crippen LogP contribution in [0.1, 0.15) is 24.2 Å². The summed E-state index contributed by atoms with van der Waals surface area (Å²) in [5, 5.41) is 20.7. The number of aromatic hydroxyl groups is 1. The van der Waals surface area contributed by atoms with Crippen molar-refractivity contribution in [2.75, 3.05) is 14.2 Å². The van der Waals surface area contributed by atoms with Gasteiger partial charge in [0.15, 0.2) is 5.75 Å². The van der Waals surface area contributed by atoms with Gasteiger partial charge >= 0.3 is 0 Å². The molecular weight excluding hydrogens is 394 g/mol. The van der Waals surface area contributed by atoms with Crippen LogP contribution in [0.25, 0.3) is 27.8 Å². The van der Waals surface area contributed by atoms with Gasteiger partial charge in [-0.3, -0.25) is 9.55 Å². The van der Waals surface area contributed by atoms with Crippen molar-refractivity contribution in [3.8, 4) is 40.5 Å².